The zero-order valence-electron chi connectivity index (χ0n) is 7.37. The molecule has 0 aliphatic heterocycles. The van der Waals surface area contributed by atoms with E-state index >= 15 is 0 Å². The van der Waals surface area contributed by atoms with Crippen LogP contribution in [0.25, 0.3) is 0 Å². The maximum atomic E-state index is 11.3. The number of rotatable bonds is 2. The van der Waals surface area contributed by atoms with Crippen molar-refractivity contribution in [3.05, 3.63) is 29.6 Å². The first-order valence-corrected chi connectivity index (χ1v) is 3.89. The van der Waals surface area contributed by atoms with Crippen molar-refractivity contribution in [3.63, 3.8) is 0 Å². The van der Waals surface area contributed by atoms with E-state index in [0.29, 0.717) is 5.69 Å². The fraction of sp³-hybridized carbons (Fsp3) is 0.200. The van der Waals surface area contributed by atoms with Gasteiger partial charge in [-0.05, 0) is 19.1 Å². The fourth-order valence-electron chi connectivity index (χ4n) is 0.891. The van der Waals surface area contributed by atoms with Crippen LogP contribution in [-0.4, -0.2) is 17.4 Å². The van der Waals surface area contributed by atoms with Crippen molar-refractivity contribution in [3.8, 4) is 12.3 Å². The quantitative estimate of drug-likeness (QED) is 0.672. The molecule has 0 bridgehead atoms. The highest BCUT2D eigenvalue weighted by molar-refractivity contribution is 5.92. The summed E-state index contributed by atoms with van der Waals surface area (Å²) in [4.78, 5) is 15.3. The summed E-state index contributed by atoms with van der Waals surface area (Å²) in [6.07, 6.45) is 5.00. The van der Waals surface area contributed by atoms with Gasteiger partial charge < -0.3 is 5.32 Å². The van der Waals surface area contributed by atoms with Gasteiger partial charge in [-0.15, -0.1) is 6.42 Å². The van der Waals surface area contributed by atoms with Gasteiger partial charge >= 0.3 is 0 Å². The van der Waals surface area contributed by atoms with Gasteiger partial charge in [-0.25, -0.2) is 4.98 Å². The van der Waals surface area contributed by atoms with Gasteiger partial charge in [0, 0.05) is 5.69 Å². The summed E-state index contributed by atoms with van der Waals surface area (Å²) in [6, 6.07) is 5.27. The van der Waals surface area contributed by atoms with Gasteiger partial charge in [0.05, 0.1) is 6.54 Å². The summed E-state index contributed by atoms with van der Waals surface area (Å²) < 4.78 is 0. The standard InChI is InChI=1S/C10H10N2O/c1-3-7-11-10(13)9-6-4-5-8(2)12-9/h1,4-6H,7H2,2H3,(H,11,13). The lowest BCUT2D eigenvalue weighted by Crippen LogP contribution is -2.24. The molecule has 3 nitrogen and oxygen atoms in total. The molecule has 13 heavy (non-hydrogen) atoms. The Bertz CT molecular complexity index is 352. The van der Waals surface area contributed by atoms with Gasteiger partial charge in [0.1, 0.15) is 5.69 Å². The summed E-state index contributed by atoms with van der Waals surface area (Å²) in [5, 5.41) is 2.54. The third-order valence-electron chi connectivity index (χ3n) is 1.47. The van der Waals surface area contributed by atoms with Crippen LogP contribution in [0.4, 0.5) is 0 Å². The van der Waals surface area contributed by atoms with Gasteiger partial charge in [0.25, 0.3) is 5.91 Å². The van der Waals surface area contributed by atoms with Crippen LogP contribution in [0.5, 0.6) is 0 Å². The van der Waals surface area contributed by atoms with E-state index in [1.165, 1.54) is 0 Å². The molecule has 0 unspecified atom stereocenters. The molecule has 0 atom stereocenters. The minimum atomic E-state index is -0.235. The first-order valence-electron chi connectivity index (χ1n) is 3.89. The average Bonchev–Trinajstić information content (AvgIpc) is 2.14. The second kappa shape index (κ2) is 4.27. The van der Waals surface area contributed by atoms with E-state index in [1.807, 2.05) is 13.0 Å². The van der Waals surface area contributed by atoms with Crippen LogP contribution in [-0.2, 0) is 0 Å². The maximum absolute atomic E-state index is 11.3. The molecule has 0 aliphatic carbocycles. The van der Waals surface area contributed by atoms with Crippen molar-refractivity contribution in [1.29, 1.82) is 0 Å². The van der Waals surface area contributed by atoms with Crippen LogP contribution in [0.15, 0.2) is 18.2 Å². The molecule has 0 saturated carbocycles. The Labute approximate surface area is 77.2 Å². The molecule has 1 aromatic rings. The number of amides is 1. The van der Waals surface area contributed by atoms with Gasteiger partial charge in [0.2, 0.25) is 0 Å². The van der Waals surface area contributed by atoms with Gasteiger partial charge in [-0.2, -0.15) is 0 Å². The molecule has 1 heterocycles. The van der Waals surface area contributed by atoms with Gasteiger partial charge in [-0.1, -0.05) is 12.0 Å². The van der Waals surface area contributed by atoms with Crippen LogP contribution >= 0.6 is 0 Å². The number of aryl methyl sites for hydroxylation is 1. The number of aromatic nitrogens is 1. The SMILES string of the molecule is C#CCNC(=O)c1cccc(C)n1. The van der Waals surface area contributed by atoms with Crippen LogP contribution in [0, 0.1) is 19.3 Å². The third-order valence-corrected chi connectivity index (χ3v) is 1.47. The van der Waals surface area contributed by atoms with E-state index in [1.54, 1.807) is 12.1 Å². The lowest BCUT2D eigenvalue weighted by atomic mass is 10.3. The Kier molecular flexibility index (Phi) is 3.04. The molecule has 0 fully saturated rings. The largest absolute Gasteiger partial charge is 0.340 e. The lowest BCUT2D eigenvalue weighted by Gasteiger charge is -2.00. The highest BCUT2D eigenvalue weighted by Gasteiger charge is 2.04. The normalized spacial score (nSPS) is 8.92. The van der Waals surface area contributed by atoms with Crippen molar-refractivity contribution in [1.82, 2.24) is 10.3 Å². The van der Waals surface area contributed by atoms with Gasteiger partial charge in [-0.3, -0.25) is 4.79 Å². The Hall–Kier alpha value is -1.82. The van der Waals surface area contributed by atoms with E-state index in [-0.39, 0.29) is 12.5 Å². The molecule has 1 rings (SSSR count). The Balaban J connectivity index is 2.72. The van der Waals surface area contributed by atoms with Crippen molar-refractivity contribution in [2.75, 3.05) is 6.54 Å². The summed E-state index contributed by atoms with van der Waals surface area (Å²) in [7, 11) is 0. The van der Waals surface area contributed by atoms with E-state index in [2.05, 4.69) is 16.2 Å². The smallest absolute Gasteiger partial charge is 0.270 e. The van der Waals surface area contributed by atoms with E-state index < -0.39 is 0 Å². The molecule has 66 valence electrons. The molecule has 1 N–H and O–H groups in total. The van der Waals surface area contributed by atoms with Crippen LogP contribution in [0.2, 0.25) is 0 Å². The number of nitrogens with one attached hydrogen (secondary N) is 1. The number of carbonyl (C=O) groups is 1. The number of carbonyl (C=O) groups excluding carboxylic acids is 1. The number of nitrogens with zero attached hydrogens (tertiary/aromatic N) is 1. The first kappa shape index (κ1) is 9.27. The van der Waals surface area contributed by atoms with Crippen molar-refractivity contribution in [2.24, 2.45) is 0 Å². The van der Waals surface area contributed by atoms with E-state index in [9.17, 15) is 4.79 Å². The number of hydrogen-bond donors (Lipinski definition) is 1. The molecule has 0 spiro atoms. The first-order chi connectivity index (χ1) is 6.24. The number of terminal acetylenes is 1. The molecular weight excluding hydrogens is 164 g/mol. The fourth-order valence-corrected chi connectivity index (χ4v) is 0.891. The third kappa shape index (κ3) is 2.60. The van der Waals surface area contributed by atoms with E-state index in [0.717, 1.165) is 5.69 Å². The lowest BCUT2D eigenvalue weighted by molar-refractivity contribution is 0.0953. The van der Waals surface area contributed by atoms with Gasteiger partial charge in [0.15, 0.2) is 0 Å². The minimum absolute atomic E-state index is 0.231. The highest BCUT2D eigenvalue weighted by atomic mass is 16.1. The van der Waals surface area contributed by atoms with Crippen LogP contribution in [0.3, 0.4) is 0 Å². The summed E-state index contributed by atoms with van der Waals surface area (Å²) >= 11 is 0. The molecule has 0 saturated heterocycles. The molecule has 1 aromatic heterocycles. The maximum Gasteiger partial charge on any atom is 0.270 e. The monoisotopic (exact) mass is 174 g/mol. The average molecular weight is 174 g/mol. The molecule has 0 aromatic carbocycles. The molecule has 1 amide bonds. The summed E-state index contributed by atoms with van der Waals surface area (Å²) in [6.45, 7) is 2.06. The second-order valence-electron chi connectivity index (χ2n) is 2.55. The number of pyridine rings is 1. The van der Waals surface area contributed by atoms with Crippen LogP contribution in [0.1, 0.15) is 16.2 Å². The zero-order chi connectivity index (χ0) is 9.68. The van der Waals surface area contributed by atoms with Crippen molar-refractivity contribution in [2.45, 2.75) is 6.92 Å². The Morgan fingerprint density at radius 2 is 2.46 bits per heavy atom. The van der Waals surface area contributed by atoms with E-state index in [4.69, 9.17) is 6.42 Å². The van der Waals surface area contributed by atoms with Crippen molar-refractivity contribution >= 4 is 5.91 Å². The minimum Gasteiger partial charge on any atom is -0.340 e. The molecule has 3 heteroatoms. The number of hydrogen-bond acceptors (Lipinski definition) is 2. The zero-order valence-corrected chi connectivity index (χ0v) is 7.37. The highest BCUT2D eigenvalue weighted by Crippen LogP contribution is 1.97. The topological polar surface area (TPSA) is 42.0 Å². The summed E-state index contributed by atoms with van der Waals surface area (Å²) in [5.41, 5.74) is 1.21. The summed E-state index contributed by atoms with van der Waals surface area (Å²) in [5.74, 6) is 2.09. The predicted molar refractivity (Wildman–Crippen MR) is 50.1 cm³/mol. The van der Waals surface area contributed by atoms with Crippen LogP contribution < -0.4 is 5.32 Å². The molecule has 0 aliphatic rings. The Morgan fingerprint density at radius 1 is 1.69 bits per heavy atom. The Morgan fingerprint density at radius 3 is 3.08 bits per heavy atom. The molecular formula is C10H10N2O. The predicted octanol–water partition coefficient (Wildman–Crippen LogP) is 0.753. The molecule has 0 radical (unpaired) electrons. The van der Waals surface area contributed by atoms with Crippen molar-refractivity contribution < 1.29 is 4.79 Å². The second-order valence-corrected chi connectivity index (χ2v) is 2.55.